The number of carbonyl (C=O) groups is 4. The Balaban J connectivity index is 1.58. The number of hydrogen-bond donors (Lipinski definition) is 2. The fourth-order valence-electron chi connectivity index (χ4n) is 3.11. The summed E-state index contributed by atoms with van der Waals surface area (Å²) in [6.45, 7) is -0.612. The van der Waals surface area contributed by atoms with E-state index in [-0.39, 0.29) is 24.5 Å². The lowest BCUT2D eigenvalue weighted by Crippen LogP contribution is -2.37. The standard InChI is InChI=1S/C25H23F2N5O4/c1-31(14-22(33)28-18-10-6-16(26)7-11-18)24(35)20-4-3-5-21(30-20)25(36)32(2)15-23(34)29-19-12-8-17(27)9-13-19/h3-13H,14-15H2,1-2H3,(H,28,33)(H,29,34). The maximum Gasteiger partial charge on any atom is 0.272 e. The van der Waals surface area contributed by atoms with Crippen molar-refractivity contribution in [3.8, 4) is 0 Å². The zero-order valence-corrected chi connectivity index (χ0v) is 19.5. The van der Waals surface area contributed by atoms with Crippen molar-refractivity contribution in [1.82, 2.24) is 14.8 Å². The van der Waals surface area contributed by atoms with Gasteiger partial charge in [-0.05, 0) is 60.7 Å². The van der Waals surface area contributed by atoms with E-state index in [4.69, 9.17) is 0 Å². The van der Waals surface area contributed by atoms with Crippen LogP contribution in [0.5, 0.6) is 0 Å². The summed E-state index contributed by atoms with van der Waals surface area (Å²) >= 11 is 0. The van der Waals surface area contributed by atoms with Crippen LogP contribution in [-0.4, -0.2) is 65.6 Å². The van der Waals surface area contributed by atoms with Crippen molar-refractivity contribution in [2.45, 2.75) is 0 Å². The fourth-order valence-corrected chi connectivity index (χ4v) is 3.11. The van der Waals surface area contributed by atoms with Gasteiger partial charge in [0.05, 0.1) is 13.1 Å². The van der Waals surface area contributed by atoms with E-state index in [1.165, 1.54) is 80.8 Å². The summed E-state index contributed by atoms with van der Waals surface area (Å²) in [6, 6.07) is 14.6. The van der Waals surface area contributed by atoms with E-state index in [0.717, 1.165) is 9.80 Å². The molecule has 0 bridgehead atoms. The predicted molar refractivity (Wildman–Crippen MR) is 128 cm³/mol. The number of nitrogens with zero attached hydrogens (tertiary/aromatic N) is 3. The summed E-state index contributed by atoms with van der Waals surface area (Å²) in [5, 5.41) is 5.10. The molecule has 2 N–H and O–H groups in total. The molecule has 0 saturated carbocycles. The second-order valence-electron chi connectivity index (χ2n) is 7.84. The Hall–Kier alpha value is -4.67. The number of aromatic nitrogens is 1. The lowest BCUT2D eigenvalue weighted by atomic mass is 10.2. The fraction of sp³-hybridized carbons (Fsp3) is 0.160. The van der Waals surface area contributed by atoms with Crippen molar-refractivity contribution in [2.75, 3.05) is 37.8 Å². The number of anilines is 2. The van der Waals surface area contributed by atoms with Crippen LogP contribution >= 0.6 is 0 Å². The topological polar surface area (TPSA) is 112 Å². The van der Waals surface area contributed by atoms with Crippen LogP contribution in [0.1, 0.15) is 21.0 Å². The van der Waals surface area contributed by atoms with Crippen LogP contribution in [-0.2, 0) is 9.59 Å². The second kappa shape index (κ2) is 11.6. The van der Waals surface area contributed by atoms with Crippen LogP contribution in [0.15, 0.2) is 66.7 Å². The van der Waals surface area contributed by atoms with Crippen LogP contribution in [0.2, 0.25) is 0 Å². The van der Waals surface area contributed by atoms with Gasteiger partial charge in [0.15, 0.2) is 0 Å². The monoisotopic (exact) mass is 495 g/mol. The van der Waals surface area contributed by atoms with Crippen molar-refractivity contribution in [3.63, 3.8) is 0 Å². The molecular formula is C25H23F2N5O4. The average molecular weight is 495 g/mol. The molecule has 0 aliphatic rings. The number of pyridine rings is 1. The highest BCUT2D eigenvalue weighted by molar-refractivity contribution is 6.01. The van der Waals surface area contributed by atoms with Crippen molar-refractivity contribution in [3.05, 3.63) is 89.8 Å². The Morgan fingerprint density at radius 2 is 1.03 bits per heavy atom. The molecule has 0 fully saturated rings. The number of rotatable bonds is 8. The average Bonchev–Trinajstić information content (AvgIpc) is 2.85. The molecule has 186 valence electrons. The van der Waals surface area contributed by atoms with Gasteiger partial charge in [-0.1, -0.05) is 6.07 Å². The van der Waals surface area contributed by atoms with E-state index in [9.17, 15) is 28.0 Å². The van der Waals surface area contributed by atoms with Crippen LogP contribution in [0.4, 0.5) is 20.2 Å². The molecule has 1 heterocycles. The van der Waals surface area contributed by atoms with E-state index in [0.29, 0.717) is 11.4 Å². The first-order valence-corrected chi connectivity index (χ1v) is 10.7. The van der Waals surface area contributed by atoms with Crippen molar-refractivity contribution in [1.29, 1.82) is 0 Å². The zero-order valence-electron chi connectivity index (χ0n) is 19.5. The van der Waals surface area contributed by atoms with E-state index in [2.05, 4.69) is 15.6 Å². The minimum atomic E-state index is -0.601. The summed E-state index contributed by atoms with van der Waals surface area (Å²) in [4.78, 5) is 56.3. The number of likely N-dealkylation sites (N-methyl/N-ethyl adjacent to an activating group) is 2. The molecule has 3 rings (SSSR count). The maximum absolute atomic E-state index is 13.0. The van der Waals surface area contributed by atoms with Crippen molar-refractivity contribution >= 4 is 35.0 Å². The molecule has 0 radical (unpaired) electrons. The Morgan fingerprint density at radius 3 is 1.39 bits per heavy atom. The Labute approximate surface area is 205 Å². The molecule has 0 spiro atoms. The molecule has 0 aliphatic carbocycles. The van der Waals surface area contributed by atoms with Gasteiger partial charge < -0.3 is 20.4 Å². The number of amides is 4. The molecular weight excluding hydrogens is 472 g/mol. The summed E-state index contributed by atoms with van der Waals surface area (Å²) in [7, 11) is 2.79. The Kier molecular flexibility index (Phi) is 8.39. The molecule has 9 nitrogen and oxygen atoms in total. The third-order valence-electron chi connectivity index (χ3n) is 4.90. The van der Waals surface area contributed by atoms with E-state index in [1.807, 2.05) is 0 Å². The number of halogens is 2. The lowest BCUT2D eigenvalue weighted by molar-refractivity contribution is -0.117. The van der Waals surface area contributed by atoms with Crippen molar-refractivity contribution in [2.24, 2.45) is 0 Å². The third kappa shape index (κ3) is 7.16. The van der Waals surface area contributed by atoms with Gasteiger partial charge in [0, 0.05) is 25.5 Å². The van der Waals surface area contributed by atoms with Gasteiger partial charge in [0.1, 0.15) is 23.0 Å². The van der Waals surface area contributed by atoms with E-state index < -0.39 is 35.3 Å². The first-order valence-electron chi connectivity index (χ1n) is 10.7. The molecule has 2 aromatic carbocycles. The van der Waals surface area contributed by atoms with E-state index in [1.54, 1.807) is 0 Å². The SMILES string of the molecule is CN(CC(=O)Nc1ccc(F)cc1)C(=O)c1cccc(C(=O)N(C)CC(=O)Nc2ccc(F)cc2)n1. The highest BCUT2D eigenvalue weighted by atomic mass is 19.1. The largest absolute Gasteiger partial charge is 0.331 e. The molecule has 0 aliphatic heterocycles. The molecule has 36 heavy (non-hydrogen) atoms. The zero-order chi connectivity index (χ0) is 26.2. The molecule has 4 amide bonds. The summed E-state index contributed by atoms with van der Waals surface area (Å²) in [5.74, 6) is -3.10. The third-order valence-corrected chi connectivity index (χ3v) is 4.90. The Bertz CT molecular complexity index is 1170. The second-order valence-corrected chi connectivity index (χ2v) is 7.84. The predicted octanol–water partition coefficient (Wildman–Crippen LogP) is 2.78. The Morgan fingerprint density at radius 1 is 0.667 bits per heavy atom. The summed E-state index contributed by atoms with van der Waals surface area (Å²) < 4.78 is 26.0. The quantitative estimate of drug-likeness (QED) is 0.499. The maximum atomic E-state index is 13.0. The van der Waals surface area contributed by atoms with Crippen LogP contribution in [0.3, 0.4) is 0 Å². The van der Waals surface area contributed by atoms with Gasteiger partial charge in [-0.3, -0.25) is 19.2 Å². The molecule has 0 unspecified atom stereocenters. The number of hydrogen-bond acceptors (Lipinski definition) is 5. The summed E-state index contributed by atoms with van der Waals surface area (Å²) in [5.41, 5.74) is 0.614. The highest BCUT2D eigenvalue weighted by Crippen LogP contribution is 2.11. The molecule has 3 aromatic rings. The lowest BCUT2D eigenvalue weighted by Gasteiger charge is -2.18. The molecule has 0 saturated heterocycles. The van der Waals surface area contributed by atoms with Gasteiger partial charge in [-0.2, -0.15) is 0 Å². The van der Waals surface area contributed by atoms with Crippen molar-refractivity contribution < 1.29 is 28.0 Å². The highest BCUT2D eigenvalue weighted by Gasteiger charge is 2.21. The normalized spacial score (nSPS) is 10.3. The van der Waals surface area contributed by atoms with Gasteiger partial charge in [-0.15, -0.1) is 0 Å². The van der Waals surface area contributed by atoms with Crippen LogP contribution in [0, 0.1) is 11.6 Å². The molecule has 0 atom stereocenters. The number of benzene rings is 2. The molecule has 11 heteroatoms. The summed E-state index contributed by atoms with van der Waals surface area (Å²) in [6.07, 6.45) is 0. The van der Waals surface area contributed by atoms with Gasteiger partial charge >= 0.3 is 0 Å². The van der Waals surface area contributed by atoms with Gasteiger partial charge in [-0.25, -0.2) is 13.8 Å². The van der Waals surface area contributed by atoms with Crippen LogP contribution < -0.4 is 10.6 Å². The van der Waals surface area contributed by atoms with E-state index >= 15 is 0 Å². The number of carbonyl (C=O) groups excluding carboxylic acids is 4. The van der Waals surface area contributed by atoms with Gasteiger partial charge in [0.25, 0.3) is 11.8 Å². The minimum absolute atomic E-state index is 0.0675. The van der Waals surface area contributed by atoms with Crippen LogP contribution in [0.25, 0.3) is 0 Å². The first-order chi connectivity index (χ1) is 17.1. The molecule has 1 aromatic heterocycles. The minimum Gasteiger partial charge on any atom is -0.331 e. The first kappa shape index (κ1) is 25.9. The van der Waals surface area contributed by atoms with Gasteiger partial charge in [0.2, 0.25) is 11.8 Å². The number of nitrogens with one attached hydrogen (secondary N) is 2. The smallest absolute Gasteiger partial charge is 0.272 e.